The van der Waals surface area contributed by atoms with Gasteiger partial charge in [-0.1, -0.05) is 51.5 Å². The molecule has 1 heterocycles. The standard InChI is InChI=1S/C23H35N3O2/c1-4-5-18-6-8-19(9-7-18)22(17(2)3)24-16-21(27)25-12-14-26(15-13-25)23(28)20-10-11-20/h6-9,17,20,22,24H,4-5,10-16H2,1-3H3. The first-order valence-corrected chi connectivity index (χ1v) is 10.9. The molecule has 2 aliphatic rings. The van der Waals surface area contributed by atoms with E-state index in [0.29, 0.717) is 38.6 Å². The van der Waals surface area contributed by atoms with E-state index in [1.807, 2.05) is 9.80 Å². The van der Waals surface area contributed by atoms with Crippen molar-refractivity contribution in [2.45, 2.75) is 52.5 Å². The van der Waals surface area contributed by atoms with E-state index >= 15 is 0 Å². The normalized spacial score (nSPS) is 18.4. The van der Waals surface area contributed by atoms with Crippen molar-refractivity contribution in [3.8, 4) is 0 Å². The molecule has 28 heavy (non-hydrogen) atoms. The summed E-state index contributed by atoms with van der Waals surface area (Å²) in [6, 6.07) is 8.95. The smallest absolute Gasteiger partial charge is 0.236 e. The molecule has 0 aromatic heterocycles. The third-order valence-electron chi connectivity index (χ3n) is 5.89. The van der Waals surface area contributed by atoms with E-state index in [1.165, 1.54) is 11.1 Å². The van der Waals surface area contributed by atoms with E-state index in [2.05, 4.69) is 50.4 Å². The first-order chi connectivity index (χ1) is 13.5. The van der Waals surface area contributed by atoms with Crippen LogP contribution in [0.1, 0.15) is 57.2 Å². The monoisotopic (exact) mass is 385 g/mol. The predicted octanol–water partition coefficient (Wildman–Crippen LogP) is 3.01. The van der Waals surface area contributed by atoms with Crippen LogP contribution in [0.25, 0.3) is 0 Å². The number of piperazine rings is 1. The predicted molar refractivity (Wildman–Crippen MR) is 112 cm³/mol. The molecule has 0 spiro atoms. The summed E-state index contributed by atoms with van der Waals surface area (Å²) < 4.78 is 0. The molecule has 1 saturated carbocycles. The van der Waals surface area contributed by atoms with Gasteiger partial charge in [0.15, 0.2) is 0 Å². The molecule has 0 radical (unpaired) electrons. The van der Waals surface area contributed by atoms with Crippen molar-refractivity contribution in [3.63, 3.8) is 0 Å². The summed E-state index contributed by atoms with van der Waals surface area (Å²) in [7, 11) is 0. The summed E-state index contributed by atoms with van der Waals surface area (Å²) in [6.45, 7) is 9.56. The van der Waals surface area contributed by atoms with Crippen LogP contribution in [0.2, 0.25) is 0 Å². The Morgan fingerprint density at radius 1 is 1.04 bits per heavy atom. The Bertz CT molecular complexity index is 659. The van der Waals surface area contributed by atoms with Gasteiger partial charge in [-0.2, -0.15) is 0 Å². The molecule has 1 aromatic carbocycles. The highest BCUT2D eigenvalue weighted by molar-refractivity contribution is 5.82. The van der Waals surface area contributed by atoms with Crippen LogP contribution < -0.4 is 5.32 Å². The van der Waals surface area contributed by atoms with Gasteiger partial charge in [-0.3, -0.25) is 9.59 Å². The molecule has 5 heteroatoms. The van der Waals surface area contributed by atoms with Crippen LogP contribution in [0.15, 0.2) is 24.3 Å². The summed E-state index contributed by atoms with van der Waals surface area (Å²) >= 11 is 0. The van der Waals surface area contributed by atoms with Gasteiger partial charge in [0.1, 0.15) is 0 Å². The molecule has 1 saturated heterocycles. The number of amides is 2. The highest BCUT2D eigenvalue weighted by Crippen LogP contribution is 2.31. The van der Waals surface area contributed by atoms with E-state index in [0.717, 1.165) is 25.7 Å². The number of nitrogens with one attached hydrogen (secondary N) is 1. The SMILES string of the molecule is CCCc1ccc(C(NCC(=O)N2CCN(C(=O)C3CC3)CC2)C(C)C)cc1. The zero-order valence-electron chi connectivity index (χ0n) is 17.6. The van der Waals surface area contributed by atoms with Gasteiger partial charge in [0.25, 0.3) is 0 Å². The molecular formula is C23H35N3O2. The van der Waals surface area contributed by atoms with Gasteiger partial charge in [0.2, 0.25) is 11.8 Å². The molecule has 2 amide bonds. The molecule has 5 nitrogen and oxygen atoms in total. The first kappa shape index (κ1) is 20.8. The second-order valence-corrected chi connectivity index (χ2v) is 8.57. The van der Waals surface area contributed by atoms with E-state index in [-0.39, 0.29) is 23.8 Å². The molecule has 2 fully saturated rings. The number of carbonyl (C=O) groups excluding carboxylic acids is 2. The number of carbonyl (C=O) groups is 2. The van der Waals surface area contributed by atoms with E-state index in [1.54, 1.807) is 0 Å². The quantitative estimate of drug-likeness (QED) is 0.748. The van der Waals surface area contributed by atoms with E-state index in [9.17, 15) is 9.59 Å². The second-order valence-electron chi connectivity index (χ2n) is 8.57. The minimum Gasteiger partial charge on any atom is -0.339 e. The molecule has 0 bridgehead atoms. The number of hydrogen-bond acceptors (Lipinski definition) is 3. The van der Waals surface area contributed by atoms with Crippen molar-refractivity contribution in [1.82, 2.24) is 15.1 Å². The third-order valence-corrected chi connectivity index (χ3v) is 5.89. The highest BCUT2D eigenvalue weighted by atomic mass is 16.2. The van der Waals surface area contributed by atoms with Crippen molar-refractivity contribution in [2.24, 2.45) is 11.8 Å². The lowest BCUT2D eigenvalue weighted by Crippen LogP contribution is -2.52. The lowest BCUT2D eigenvalue weighted by molar-refractivity contribution is -0.139. The van der Waals surface area contributed by atoms with Crippen LogP contribution in [0.5, 0.6) is 0 Å². The molecule has 1 aliphatic heterocycles. The molecule has 154 valence electrons. The van der Waals surface area contributed by atoms with Crippen molar-refractivity contribution >= 4 is 11.8 Å². The number of benzene rings is 1. The van der Waals surface area contributed by atoms with Gasteiger partial charge in [-0.05, 0) is 36.3 Å². The van der Waals surface area contributed by atoms with Gasteiger partial charge in [-0.25, -0.2) is 0 Å². The minimum atomic E-state index is 0.131. The second kappa shape index (κ2) is 9.55. The minimum absolute atomic E-state index is 0.131. The van der Waals surface area contributed by atoms with E-state index in [4.69, 9.17) is 0 Å². The van der Waals surface area contributed by atoms with Gasteiger partial charge in [-0.15, -0.1) is 0 Å². The molecule has 1 atom stereocenters. The number of aryl methyl sites for hydroxylation is 1. The molecule has 3 rings (SSSR count). The summed E-state index contributed by atoms with van der Waals surface area (Å²) in [5.74, 6) is 1.08. The summed E-state index contributed by atoms with van der Waals surface area (Å²) in [4.78, 5) is 28.7. The Kier molecular flexibility index (Phi) is 7.11. The highest BCUT2D eigenvalue weighted by Gasteiger charge is 2.35. The Hall–Kier alpha value is -1.88. The first-order valence-electron chi connectivity index (χ1n) is 10.9. The Morgan fingerprint density at radius 2 is 1.64 bits per heavy atom. The maximum Gasteiger partial charge on any atom is 0.236 e. The third kappa shape index (κ3) is 5.34. The Labute approximate surface area is 169 Å². The van der Waals surface area contributed by atoms with Crippen molar-refractivity contribution in [1.29, 1.82) is 0 Å². The van der Waals surface area contributed by atoms with Crippen molar-refractivity contribution in [2.75, 3.05) is 32.7 Å². The van der Waals surface area contributed by atoms with Crippen LogP contribution >= 0.6 is 0 Å². The van der Waals surface area contributed by atoms with Gasteiger partial charge in [0.05, 0.1) is 6.54 Å². The zero-order valence-corrected chi connectivity index (χ0v) is 17.6. The van der Waals surface area contributed by atoms with Gasteiger partial charge >= 0.3 is 0 Å². The average molecular weight is 386 g/mol. The molecule has 1 aliphatic carbocycles. The van der Waals surface area contributed by atoms with Crippen LogP contribution in [0.3, 0.4) is 0 Å². The van der Waals surface area contributed by atoms with Crippen molar-refractivity contribution < 1.29 is 9.59 Å². The van der Waals surface area contributed by atoms with Crippen LogP contribution in [-0.2, 0) is 16.0 Å². The summed E-state index contributed by atoms with van der Waals surface area (Å²) in [5, 5.41) is 3.47. The molecule has 1 N–H and O–H groups in total. The lowest BCUT2D eigenvalue weighted by Gasteiger charge is -2.35. The van der Waals surface area contributed by atoms with Gasteiger partial charge < -0.3 is 15.1 Å². The Balaban J connectivity index is 1.49. The zero-order chi connectivity index (χ0) is 20.1. The molecular weight excluding hydrogens is 350 g/mol. The maximum absolute atomic E-state index is 12.7. The van der Waals surface area contributed by atoms with E-state index < -0.39 is 0 Å². The average Bonchev–Trinajstić information content (AvgIpc) is 3.54. The topological polar surface area (TPSA) is 52.7 Å². The fraction of sp³-hybridized carbons (Fsp3) is 0.652. The fourth-order valence-electron chi connectivity index (χ4n) is 3.99. The number of rotatable bonds is 8. The molecule has 1 aromatic rings. The van der Waals surface area contributed by atoms with Gasteiger partial charge in [0, 0.05) is 38.1 Å². The lowest BCUT2D eigenvalue weighted by atomic mass is 9.94. The summed E-state index contributed by atoms with van der Waals surface area (Å²) in [5.41, 5.74) is 2.60. The fourth-order valence-corrected chi connectivity index (χ4v) is 3.99. The van der Waals surface area contributed by atoms with Crippen LogP contribution in [0.4, 0.5) is 0 Å². The largest absolute Gasteiger partial charge is 0.339 e. The Morgan fingerprint density at radius 3 is 2.18 bits per heavy atom. The summed E-state index contributed by atoms with van der Waals surface area (Å²) in [6.07, 6.45) is 4.34. The van der Waals surface area contributed by atoms with Crippen LogP contribution in [-0.4, -0.2) is 54.3 Å². The van der Waals surface area contributed by atoms with Crippen molar-refractivity contribution in [3.05, 3.63) is 35.4 Å². The van der Waals surface area contributed by atoms with Crippen LogP contribution in [0, 0.1) is 11.8 Å². The number of nitrogens with zero attached hydrogens (tertiary/aromatic N) is 2. The maximum atomic E-state index is 12.7. The number of hydrogen-bond donors (Lipinski definition) is 1. The molecule has 1 unspecified atom stereocenters.